The van der Waals surface area contributed by atoms with Gasteiger partial charge in [-0.3, -0.25) is 4.79 Å². The van der Waals surface area contributed by atoms with Crippen LogP contribution in [0.15, 0.2) is 0 Å². The van der Waals surface area contributed by atoms with E-state index < -0.39 is 14.3 Å². The highest BCUT2D eigenvalue weighted by Gasteiger charge is 2.44. The molecular formula is C10H21O3SSi. The van der Waals surface area contributed by atoms with Crippen LogP contribution in [0.5, 0.6) is 0 Å². The van der Waals surface area contributed by atoms with Crippen LogP contribution >= 0.6 is 12.6 Å². The van der Waals surface area contributed by atoms with E-state index in [1.165, 1.54) is 0 Å². The second kappa shape index (κ2) is 7.43. The van der Waals surface area contributed by atoms with E-state index in [1.807, 2.05) is 27.7 Å². The number of hydrogen-bond donors (Lipinski definition) is 1. The van der Waals surface area contributed by atoms with E-state index in [1.54, 1.807) is 0 Å². The van der Waals surface area contributed by atoms with Gasteiger partial charge in [0.15, 0.2) is 5.12 Å². The van der Waals surface area contributed by atoms with Crippen LogP contribution in [0.2, 0.25) is 5.04 Å². The first-order valence-corrected chi connectivity index (χ1v) is 7.15. The summed E-state index contributed by atoms with van der Waals surface area (Å²) < 4.78 is 11.1. The maximum Gasteiger partial charge on any atom is 0.400 e. The Labute approximate surface area is 99.8 Å². The fourth-order valence-corrected chi connectivity index (χ4v) is 3.68. The van der Waals surface area contributed by atoms with Gasteiger partial charge in [0.05, 0.1) is 5.04 Å². The Balaban J connectivity index is 4.72. The van der Waals surface area contributed by atoms with Crippen LogP contribution in [0.3, 0.4) is 0 Å². The fraction of sp³-hybridized carbons (Fsp3) is 0.900. The lowest BCUT2D eigenvalue weighted by molar-refractivity contribution is -0.114. The van der Waals surface area contributed by atoms with Crippen molar-refractivity contribution in [3.05, 3.63) is 0 Å². The van der Waals surface area contributed by atoms with Gasteiger partial charge < -0.3 is 8.85 Å². The first kappa shape index (κ1) is 15.2. The Morgan fingerprint density at radius 2 is 1.73 bits per heavy atom. The molecule has 1 radical (unpaired) electrons. The Morgan fingerprint density at radius 1 is 1.27 bits per heavy atom. The van der Waals surface area contributed by atoms with E-state index in [4.69, 9.17) is 8.85 Å². The van der Waals surface area contributed by atoms with Gasteiger partial charge in [-0.25, -0.2) is 0 Å². The van der Waals surface area contributed by atoms with Gasteiger partial charge in [-0.05, 0) is 27.2 Å². The summed E-state index contributed by atoms with van der Waals surface area (Å²) in [4.78, 5) is 11.6. The van der Waals surface area contributed by atoms with Gasteiger partial charge in [0.25, 0.3) is 0 Å². The number of carbonyl (C=O) groups is 1. The molecule has 0 aromatic rings. The minimum atomic E-state index is -1.57. The lowest BCUT2D eigenvalue weighted by atomic mass is 10.1. The summed E-state index contributed by atoms with van der Waals surface area (Å²) in [5.74, 6) is 0. The zero-order valence-corrected chi connectivity index (χ0v) is 11.9. The predicted molar refractivity (Wildman–Crippen MR) is 66.3 cm³/mol. The van der Waals surface area contributed by atoms with Gasteiger partial charge in [-0.1, -0.05) is 13.3 Å². The number of hydrogen-bond acceptors (Lipinski definition) is 3. The summed E-state index contributed by atoms with van der Waals surface area (Å²) in [7, 11) is -1.57. The highest BCUT2D eigenvalue weighted by Crippen LogP contribution is 2.38. The lowest BCUT2D eigenvalue weighted by Crippen LogP contribution is -2.40. The van der Waals surface area contributed by atoms with E-state index in [0.29, 0.717) is 13.2 Å². The molecule has 1 unspecified atom stereocenters. The molecule has 1 atom stereocenters. The average molecular weight is 249 g/mol. The van der Waals surface area contributed by atoms with Crippen LogP contribution in [0.1, 0.15) is 40.5 Å². The highest BCUT2D eigenvalue weighted by molar-refractivity contribution is 7.97. The van der Waals surface area contributed by atoms with Crippen molar-refractivity contribution in [2.45, 2.75) is 45.6 Å². The molecule has 0 spiro atoms. The summed E-state index contributed by atoms with van der Waals surface area (Å²) in [5, 5.41) is -0.672. The van der Waals surface area contributed by atoms with Gasteiger partial charge in [0.2, 0.25) is 0 Å². The van der Waals surface area contributed by atoms with Gasteiger partial charge in [0.1, 0.15) is 0 Å². The summed E-state index contributed by atoms with van der Waals surface area (Å²) >= 11 is 3.96. The molecule has 0 N–H and O–H groups in total. The SMILES string of the molecule is CCCC(C)(C(=O)S)[Si](OCC)OCC. The topological polar surface area (TPSA) is 35.5 Å². The molecule has 5 heteroatoms. The summed E-state index contributed by atoms with van der Waals surface area (Å²) in [5.41, 5.74) is 0. The molecule has 0 amide bonds. The third-order valence-electron chi connectivity index (χ3n) is 2.22. The molecule has 0 aromatic heterocycles. The second-order valence-corrected chi connectivity index (χ2v) is 6.20. The van der Waals surface area contributed by atoms with Crippen molar-refractivity contribution in [2.24, 2.45) is 0 Å². The Kier molecular flexibility index (Phi) is 7.51. The van der Waals surface area contributed by atoms with E-state index in [9.17, 15) is 4.79 Å². The lowest BCUT2D eigenvalue weighted by Gasteiger charge is -2.30. The van der Waals surface area contributed by atoms with Crippen LogP contribution < -0.4 is 0 Å². The second-order valence-electron chi connectivity index (χ2n) is 3.54. The van der Waals surface area contributed by atoms with Crippen LogP contribution in [0.25, 0.3) is 0 Å². The van der Waals surface area contributed by atoms with Crippen molar-refractivity contribution >= 4 is 27.0 Å². The van der Waals surface area contributed by atoms with Crippen molar-refractivity contribution in [2.75, 3.05) is 13.2 Å². The Morgan fingerprint density at radius 3 is 2.00 bits per heavy atom. The maximum atomic E-state index is 11.6. The number of rotatable bonds is 8. The van der Waals surface area contributed by atoms with Crippen LogP contribution in [0, 0.1) is 0 Å². The summed E-state index contributed by atoms with van der Waals surface area (Å²) in [6.45, 7) is 8.93. The zero-order valence-electron chi connectivity index (χ0n) is 10.0. The van der Waals surface area contributed by atoms with Gasteiger partial charge in [-0.15, -0.1) is 12.6 Å². The zero-order chi connectivity index (χ0) is 11.9. The van der Waals surface area contributed by atoms with E-state index in [2.05, 4.69) is 12.6 Å². The van der Waals surface area contributed by atoms with Crippen molar-refractivity contribution in [1.82, 2.24) is 0 Å². The molecule has 0 fully saturated rings. The summed E-state index contributed by atoms with van der Waals surface area (Å²) in [6, 6.07) is 0. The normalized spacial score (nSPS) is 15.3. The van der Waals surface area contributed by atoms with E-state index >= 15 is 0 Å². The predicted octanol–water partition coefficient (Wildman–Crippen LogP) is 2.56. The van der Waals surface area contributed by atoms with Crippen molar-refractivity contribution < 1.29 is 13.6 Å². The third kappa shape index (κ3) is 4.26. The maximum absolute atomic E-state index is 11.6. The smallest absolute Gasteiger partial charge is 0.393 e. The average Bonchev–Trinajstić information content (AvgIpc) is 2.17. The molecule has 0 bridgehead atoms. The van der Waals surface area contributed by atoms with Crippen molar-refractivity contribution in [1.29, 1.82) is 0 Å². The van der Waals surface area contributed by atoms with Gasteiger partial charge >= 0.3 is 9.28 Å². The first-order valence-electron chi connectivity index (χ1n) is 5.39. The minimum absolute atomic E-state index is 0.125. The molecule has 0 aliphatic heterocycles. The highest BCUT2D eigenvalue weighted by atomic mass is 32.1. The van der Waals surface area contributed by atoms with Gasteiger partial charge in [-0.2, -0.15) is 0 Å². The molecule has 0 aliphatic carbocycles. The van der Waals surface area contributed by atoms with Crippen LogP contribution in [0.4, 0.5) is 0 Å². The first-order chi connectivity index (χ1) is 7.02. The number of carbonyl (C=O) groups excluding carboxylic acids is 1. The third-order valence-corrected chi connectivity index (χ3v) is 5.41. The van der Waals surface area contributed by atoms with Crippen molar-refractivity contribution in [3.63, 3.8) is 0 Å². The quantitative estimate of drug-likeness (QED) is 0.530. The molecule has 15 heavy (non-hydrogen) atoms. The molecular weight excluding hydrogens is 228 g/mol. The molecule has 0 aliphatic rings. The Hall–Kier alpha value is 0.157. The fourth-order valence-electron chi connectivity index (χ4n) is 1.42. The standard InChI is InChI=1S/C10H21O3SSi/c1-5-8-10(4,9(11)14)15(12-6-2)13-7-3/h5-8H2,1-4H3,(H,11,14). The molecule has 0 saturated carbocycles. The summed E-state index contributed by atoms with van der Waals surface area (Å²) in [6.07, 6.45) is 1.70. The van der Waals surface area contributed by atoms with Crippen LogP contribution in [-0.4, -0.2) is 27.6 Å². The van der Waals surface area contributed by atoms with Gasteiger partial charge in [0, 0.05) is 13.2 Å². The molecule has 3 nitrogen and oxygen atoms in total. The molecule has 0 aromatic carbocycles. The number of thiol groups is 1. The molecule has 89 valence electrons. The largest absolute Gasteiger partial charge is 0.400 e. The van der Waals surface area contributed by atoms with Crippen LogP contribution in [-0.2, 0) is 13.6 Å². The van der Waals surface area contributed by atoms with Crippen molar-refractivity contribution in [3.8, 4) is 0 Å². The molecule has 0 saturated heterocycles. The minimum Gasteiger partial charge on any atom is -0.393 e. The Bertz CT molecular complexity index is 195. The monoisotopic (exact) mass is 249 g/mol. The molecule has 0 rings (SSSR count). The van der Waals surface area contributed by atoms with E-state index in [-0.39, 0.29) is 5.12 Å². The molecule has 0 heterocycles. The van der Waals surface area contributed by atoms with E-state index in [0.717, 1.165) is 12.8 Å².